The Morgan fingerprint density at radius 1 is 1.58 bits per heavy atom. The molecule has 3 nitrogen and oxygen atoms in total. The molecule has 1 aromatic heterocycles. The fourth-order valence-corrected chi connectivity index (χ4v) is 3.08. The summed E-state index contributed by atoms with van der Waals surface area (Å²) in [4.78, 5) is 15.6. The number of halogens is 1. The van der Waals surface area contributed by atoms with E-state index in [9.17, 15) is 4.79 Å². The second-order valence-electron chi connectivity index (χ2n) is 5.26. The highest BCUT2D eigenvalue weighted by atomic mass is 35.5. The minimum atomic E-state index is 0. The van der Waals surface area contributed by atoms with Crippen LogP contribution in [0.5, 0.6) is 0 Å². The molecule has 1 aliphatic heterocycles. The van der Waals surface area contributed by atoms with E-state index in [1.54, 1.807) is 11.3 Å². The number of hydrogen-bond acceptors (Lipinski definition) is 3. The van der Waals surface area contributed by atoms with Gasteiger partial charge in [0.1, 0.15) is 0 Å². The number of carbonyl (C=O) groups is 1. The maximum Gasteiger partial charge on any atom is 0.223 e. The number of hydrogen-bond donors (Lipinski definition) is 1. The van der Waals surface area contributed by atoms with E-state index in [1.807, 2.05) is 11.0 Å². The third kappa shape index (κ3) is 4.79. The van der Waals surface area contributed by atoms with Crippen LogP contribution in [0, 0.1) is 5.92 Å². The summed E-state index contributed by atoms with van der Waals surface area (Å²) in [5.41, 5.74) is 0. The predicted molar refractivity (Wildman–Crippen MR) is 82.8 cm³/mol. The average molecular weight is 303 g/mol. The van der Waals surface area contributed by atoms with Gasteiger partial charge >= 0.3 is 0 Å². The topological polar surface area (TPSA) is 32.3 Å². The van der Waals surface area contributed by atoms with E-state index >= 15 is 0 Å². The molecule has 0 bridgehead atoms. The summed E-state index contributed by atoms with van der Waals surface area (Å²) in [7, 11) is 0. The molecule has 1 aromatic rings. The van der Waals surface area contributed by atoms with Crippen LogP contribution in [0.1, 0.15) is 31.6 Å². The van der Waals surface area contributed by atoms with E-state index in [1.165, 1.54) is 4.88 Å². The summed E-state index contributed by atoms with van der Waals surface area (Å²) in [6, 6.07) is 4.42. The van der Waals surface area contributed by atoms with Gasteiger partial charge in [0.25, 0.3) is 0 Å². The van der Waals surface area contributed by atoms with Gasteiger partial charge in [-0.1, -0.05) is 6.07 Å². The first kappa shape index (κ1) is 16.5. The third-order valence-electron chi connectivity index (χ3n) is 3.48. The monoisotopic (exact) mass is 302 g/mol. The highest BCUT2D eigenvalue weighted by molar-refractivity contribution is 7.09. The van der Waals surface area contributed by atoms with Crippen molar-refractivity contribution in [1.29, 1.82) is 0 Å². The zero-order chi connectivity index (χ0) is 13.0. The summed E-state index contributed by atoms with van der Waals surface area (Å²) in [6.45, 7) is 7.01. The summed E-state index contributed by atoms with van der Waals surface area (Å²) < 4.78 is 0. The fourth-order valence-electron chi connectivity index (χ4n) is 2.38. The number of amides is 1. The van der Waals surface area contributed by atoms with Crippen molar-refractivity contribution in [2.75, 3.05) is 13.1 Å². The minimum Gasteiger partial charge on any atom is -0.335 e. The normalized spacial score (nSPS) is 18.4. The first-order valence-electron chi connectivity index (χ1n) is 6.69. The Labute approximate surface area is 125 Å². The first-order chi connectivity index (χ1) is 8.66. The molecule has 0 saturated carbocycles. The van der Waals surface area contributed by atoms with Gasteiger partial charge in [0.05, 0.1) is 6.54 Å². The van der Waals surface area contributed by atoms with E-state index in [4.69, 9.17) is 0 Å². The lowest BCUT2D eigenvalue weighted by atomic mass is 10.0. The lowest BCUT2D eigenvalue weighted by Crippen LogP contribution is -2.37. The van der Waals surface area contributed by atoms with Crippen molar-refractivity contribution in [2.45, 2.75) is 39.3 Å². The molecule has 19 heavy (non-hydrogen) atoms. The molecular weight excluding hydrogens is 280 g/mol. The van der Waals surface area contributed by atoms with Gasteiger partial charge in [-0.2, -0.15) is 0 Å². The van der Waals surface area contributed by atoms with Gasteiger partial charge < -0.3 is 10.2 Å². The highest BCUT2D eigenvalue weighted by Crippen LogP contribution is 2.18. The second kappa shape index (κ2) is 7.88. The summed E-state index contributed by atoms with van der Waals surface area (Å²) in [5.74, 6) is 0.828. The van der Waals surface area contributed by atoms with Crippen LogP contribution >= 0.6 is 23.7 Å². The van der Waals surface area contributed by atoms with Gasteiger partial charge in [0.2, 0.25) is 5.91 Å². The van der Waals surface area contributed by atoms with Crippen LogP contribution < -0.4 is 5.32 Å². The number of rotatable bonds is 5. The van der Waals surface area contributed by atoms with Crippen LogP contribution in [0.25, 0.3) is 0 Å². The molecule has 1 unspecified atom stereocenters. The smallest absolute Gasteiger partial charge is 0.223 e. The van der Waals surface area contributed by atoms with Crippen LogP contribution in [0.3, 0.4) is 0 Å². The third-order valence-corrected chi connectivity index (χ3v) is 4.34. The molecule has 0 aliphatic carbocycles. The number of nitrogens with zero attached hydrogens (tertiary/aromatic N) is 1. The van der Waals surface area contributed by atoms with Crippen LogP contribution in [0.2, 0.25) is 0 Å². The Morgan fingerprint density at radius 3 is 2.89 bits per heavy atom. The van der Waals surface area contributed by atoms with Crippen LogP contribution in [-0.2, 0) is 11.3 Å². The standard InChI is InChI=1S/C14H22N2OS.ClH/c1-11(2)16(10-13-4-3-7-18-13)14(17)8-12-5-6-15-9-12;/h3-4,7,11-12,15H,5-6,8-10H2,1-2H3;1H. The van der Waals surface area contributed by atoms with E-state index in [2.05, 4.69) is 30.6 Å². The van der Waals surface area contributed by atoms with Gasteiger partial charge in [0.15, 0.2) is 0 Å². The largest absolute Gasteiger partial charge is 0.335 e. The molecule has 108 valence electrons. The number of nitrogens with one attached hydrogen (secondary N) is 1. The molecule has 5 heteroatoms. The van der Waals surface area contributed by atoms with Crippen molar-refractivity contribution in [1.82, 2.24) is 10.2 Å². The minimum absolute atomic E-state index is 0. The van der Waals surface area contributed by atoms with Crippen molar-refractivity contribution in [3.63, 3.8) is 0 Å². The van der Waals surface area contributed by atoms with Gasteiger partial charge in [-0.3, -0.25) is 4.79 Å². The molecule has 2 heterocycles. The van der Waals surface area contributed by atoms with Crippen LogP contribution in [0.15, 0.2) is 17.5 Å². The molecule has 1 saturated heterocycles. The van der Waals surface area contributed by atoms with E-state index < -0.39 is 0 Å². The molecule has 0 aromatic carbocycles. The Bertz CT molecular complexity index is 375. The molecule has 1 aliphatic rings. The van der Waals surface area contributed by atoms with Crippen molar-refractivity contribution < 1.29 is 4.79 Å². The second-order valence-corrected chi connectivity index (χ2v) is 6.29. The van der Waals surface area contributed by atoms with Gasteiger partial charge in [0, 0.05) is 17.3 Å². The van der Waals surface area contributed by atoms with Crippen molar-refractivity contribution >= 4 is 29.7 Å². The van der Waals surface area contributed by atoms with E-state index in [0.29, 0.717) is 18.2 Å². The first-order valence-corrected chi connectivity index (χ1v) is 7.57. The van der Waals surface area contributed by atoms with Gasteiger partial charge in [-0.25, -0.2) is 0 Å². The van der Waals surface area contributed by atoms with Gasteiger partial charge in [-0.05, 0) is 50.7 Å². The average Bonchev–Trinajstić information content (AvgIpc) is 2.97. The molecular formula is C14H23ClN2OS. The Hall–Kier alpha value is -0.580. The molecule has 0 spiro atoms. The highest BCUT2D eigenvalue weighted by Gasteiger charge is 2.23. The van der Waals surface area contributed by atoms with Crippen molar-refractivity contribution in [3.8, 4) is 0 Å². The molecule has 1 N–H and O–H groups in total. The quantitative estimate of drug-likeness (QED) is 0.907. The fraction of sp³-hybridized carbons (Fsp3) is 0.643. The lowest BCUT2D eigenvalue weighted by molar-refractivity contribution is -0.134. The van der Waals surface area contributed by atoms with E-state index in [-0.39, 0.29) is 18.4 Å². The number of carbonyl (C=O) groups excluding carboxylic acids is 1. The summed E-state index contributed by atoms with van der Waals surface area (Å²) in [5, 5.41) is 5.39. The lowest BCUT2D eigenvalue weighted by Gasteiger charge is -2.27. The van der Waals surface area contributed by atoms with Crippen molar-refractivity contribution in [2.24, 2.45) is 5.92 Å². The SMILES string of the molecule is CC(C)N(Cc1cccs1)C(=O)CC1CCNC1.Cl. The Kier molecular flexibility index (Phi) is 6.83. The zero-order valence-electron chi connectivity index (χ0n) is 11.6. The Morgan fingerprint density at radius 2 is 2.37 bits per heavy atom. The maximum atomic E-state index is 12.4. The Balaban J connectivity index is 0.00000180. The zero-order valence-corrected chi connectivity index (χ0v) is 13.2. The van der Waals surface area contributed by atoms with Gasteiger partial charge in [-0.15, -0.1) is 23.7 Å². The van der Waals surface area contributed by atoms with Crippen LogP contribution in [-0.4, -0.2) is 29.9 Å². The van der Waals surface area contributed by atoms with E-state index in [0.717, 1.165) is 26.1 Å². The number of thiophene rings is 1. The summed E-state index contributed by atoms with van der Waals surface area (Å²) >= 11 is 1.72. The molecule has 1 fully saturated rings. The molecule has 1 amide bonds. The molecule has 1 atom stereocenters. The molecule has 2 rings (SSSR count). The predicted octanol–water partition coefficient (Wildman–Crippen LogP) is 2.91. The van der Waals surface area contributed by atoms with Crippen molar-refractivity contribution in [3.05, 3.63) is 22.4 Å². The summed E-state index contributed by atoms with van der Waals surface area (Å²) in [6.07, 6.45) is 1.83. The molecule has 0 radical (unpaired) electrons. The van der Waals surface area contributed by atoms with Crippen LogP contribution in [0.4, 0.5) is 0 Å². The maximum absolute atomic E-state index is 12.4.